The van der Waals surface area contributed by atoms with Gasteiger partial charge in [0.1, 0.15) is 11.4 Å². The van der Waals surface area contributed by atoms with E-state index in [1.165, 1.54) is 14.2 Å². The van der Waals surface area contributed by atoms with Crippen molar-refractivity contribution in [1.82, 2.24) is 0 Å². The lowest BCUT2D eigenvalue weighted by Gasteiger charge is -2.13. The van der Waals surface area contributed by atoms with Gasteiger partial charge in [-0.25, -0.2) is 9.59 Å². The Labute approximate surface area is 117 Å². The van der Waals surface area contributed by atoms with Crippen molar-refractivity contribution in [2.24, 2.45) is 0 Å². The maximum Gasteiger partial charge on any atom is 0.354 e. The van der Waals surface area contributed by atoms with Crippen molar-refractivity contribution in [2.45, 2.75) is 6.92 Å². The van der Waals surface area contributed by atoms with Gasteiger partial charge >= 0.3 is 11.9 Å². The number of esters is 2. The van der Waals surface area contributed by atoms with Crippen LogP contribution in [0.5, 0.6) is 5.75 Å². The summed E-state index contributed by atoms with van der Waals surface area (Å²) in [6.07, 6.45) is 1.02. The summed E-state index contributed by atoms with van der Waals surface area (Å²) >= 11 is 0. The molecule has 20 heavy (non-hydrogen) atoms. The minimum atomic E-state index is -0.679. The SMILES string of the molecule is CCOc1ccccc1N/C(=C/C(=O)OC)C(=O)OC. The van der Waals surface area contributed by atoms with Crippen LogP contribution in [0.15, 0.2) is 36.0 Å². The van der Waals surface area contributed by atoms with E-state index in [-0.39, 0.29) is 5.70 Å². The van der Waals surface area contributed by atoms with Crippen LogP contribution in [0, 0.1) is 0 Å². The Bertz CT molecular complexity index is 510. The van der Waals surface area contributed by atoms with E-state index in [9.17, 15) is 9.59 Å². The van der Waals surface area contributed by atoms with Gasteiger partial charge < -0.3 is 19.5 Å². The van der Waals surface area contributed by atoms with Crippen LogP contribution in [-0.2, 0) is 19.1 Å². The molecule has 0 fully saturated rings. The van der Waals surface area contributed by atoms with Crippen LogP contribution >= 0.6 is 0 Å². The molecule has 0 spiro atoms. The molecule has 6 heteroatoms. The number of anilines is 1. The standard InChI is InChI=1S/C14H17NO5/c1-4-20-12-8-6-5-7-10(12)15-11(14(17)19-3)9-13(16)18-2/h5-9,15H,4H2,1-3H3/b11-9+. The lowest BCUT2D eigenvalue weighted by atomic mass is 10.2. The molecule has 1 rings (SSSR count). The van der Waals surface area contributed by atoms with Crippen molar-refractivity contribution < 1.29 is 23.8 Å². The number of nitrogens with one attached hydrogen (secondary N) is 1. The highest BCUT2D eigenvalue weighted by atomic mass is 16.5. The van der Waals surface area contributed by atoms with Gasteiger partial charge in [0, 0.05) is 0 Å². The lowest BCUT2D eigenvalue weighted by Crippen LogP contribution is -2.16. The fraction of sp³-hybridized carbons (Fsp3) is 0.286. The molecule has 0 amide bonds. The van der Waals surface area contributed by atoms with E-state index in [4.69, 9.17) is 4.74 Å². The maximum absolute atomic E-state index is 11.6. The van der Waals surface area contributed by atoms with Crippen molar-refractivity contribution in [1.29, 1.82) is 0 Å². The predicted octanol–water partition coefficient (Wildman–Crippen LogP) is 1.73. The molecule has 0 radical (unpaired) electrons. The fourth-order valence-electron chi connectivity index (χ4n) is 1.43. The lowest BCUT2D eigenvalue weighted by molar-refractivity contribution is -0.138. The van der Waals surface area contributed by atoms with Crippen LogP contribution in [0.3, 0.4) is 0 Å². The maximum atomic E-state index is 11.6. The van der Waals surface area contributed by atoms with Gasteiger partial charge in [0.15, 0.2) is 0 Å². The Morgan fingerprint density at radius 3 is 2.50 bits per heavy atom. The highest BCUT2D eigenvalue weighted by Crippen LogP contribution is 2.25. The molecule has 0 saturated carbocycles. The van der Waals surface area contributed by atoms with E-state index in [2.05, 4.69) is 14.8 Å². The Kier molecular flexibility index (Phi) is 6.09. The Morgan fingerprint density at radius 1 is 1.20 bits per heavy atom. The van der Waals surface area contributed by atoms with E-state index >= 15 is 0 Å². The Hall–Kier alpha value is -2.50. The largest absolute Gasteiger partial charge is 0.492 e. The molecule has 108 valence electrons. The molecule has 0 heterocycles. The van der Waals surface area contributed by atoms with E-state index in [0.717, 1.165) is 6.08 Å². The molecule has 1 aromatic rings. The van der Waals surface area contributed by atoms with Gasteiger partial charge in [0.2, 0.25) is 0 Å². The molecule has 1 aromatic carbocycles. The second kappa shape index (κ2) is 7.83. The Balaban J connectivity index is 3.04. The van der Waals surface area contributed by atoms with Crippen LogP contribution in [0.2, 0.25) is 0 Å². The number of carbonyl (C=O) groups is 2. The summed E-state index contributed by atoms with van der Waals surface area (Å²) < 4.78 is 14.5. The average Bonchev–Trinajstić information content (AvgIpc) is 2.47. The molecule has 0 aliphatic carbocycles. The van der Waals surface area contributed by atoms with Crippen molar-refractivity contribution in [2.75, 3.05) is 26.1 Å². The third-order valence-electron chi connectivity index (χ3n) is 2.32. The number of hydrogen-bond acceptors (Lipinski definition) is 6. The highest BCUT2D eigenvalue weighted by Gasteiger charge is 2.14. The number of rotatable bonds is 6. The van der Waals surface area contributed by atoms with Gasteiger partial charge in [-0.2, -0.15) is 0 Å². The summed E-state index contributed by atoms with van der Waals surface area (Å²) in [5, 5.41) is 2.81. The minimum Gasteiger partial charge on any atom is -0.492 e. The summed E-state index contributed by atoms with van der Waals surface area (Å²) in [6.45, 7) is 2.33. The first-order valence-electron chi connectivity index (χ1n) is 5.99. The first-order chi connectivity index (χ1) is 9.62. The summed E-state index contributed by atoms with van der Waals surface area (Å²) in [6, 6.07) is 7.05. The zero-order valence-corrected chi connectivity index (χ0v) is 11.6. The molecule has 0 atom stereocenters. The molecule has 0 unspecified atom stereocenters. The molecular weight excluding hydrogens is 262 g/mol. The molecule has 0 bridgehead atoms. The molecule has 0 aliphatic heterocycles. The van der Waals surface area contributed by atoms with Gasteiger partial charge in [-0.1, -0.05) is 12.1 Å². The first kappa shape index (κ1) is 15.6. The summed E-state index contributed by atoms with van der Waals surface area (Å²) in [4.78, 5) is 22.9. The zero-order valence-electron chi connectivity index (χ0n) is 11.6. The first-order valence-corrected chi connectivity index (χ1v) is 5.99. The molecule has 6 nitrogen and oxygen atoms in total. The number of ether oxygens (including phenoxy) is 3. The normalized spacial score (nSPS) is 10.7. The van der Waals surface area contributed by atoms with Crippen molar-refractivity contribution in [3.63, 3.8) is 0 Å². The smallest absolute Gasteiger partial charge is 0.354 e. The van der Waals surface area contributed by atoms with E-state index in [1.807, 2.05) is 6.92 Å². The predicted molar refractivity (Wildman–Crippen MR) is 73.3 cm³/mol. The second-order valence-corrected chi connectivity index (χ2v) is 3.63. The minimum absolute atomic E-state index is 0.0356. The van der Waals surface area contributed by atoms with Crippen LogP contribution in [0.1, 0.15) is 6.92 Å². The van der Waals surface area contributed by atoms with Gasteiger partial charge in [0.25, 0.3) is 0 Å². The van der Waals surface area contributed by atoms with Crippen LogP contribution < -0.4 is 10.1 Å². The quantitative estimate of drug-likeness (QED) is 0.631. The van der Waals surface area contributed by atoms with Crippen molar-refractivity contribution in [3.05, 3.63) is 36.0 Å². The van der Waals surface area contributed by atoms with Crippen LogP contribution in [-0.4, -0.2) is 32.8 Å². The third-order valence-corrected chi connectivity index (χ3v) is 2.32. The molecule has 0 aliphatic rings. The number of benzene rings is 1. The highest BCUT2D eigenvalue weighted by molar-refractivity contribution is 5.99. The van der Waals surface area contributed by atoms with Crippen molar-refractivity contribution >= 4 is 17.6 Å². The zero-order chi connectivity index (χ0) is 15.0. The summed E-state index contributed by atoms with van der Waals surface area (Å²) in [5.41, 5.74) is 0.515. The topological polar surface area (TPSA) is 73.9 Å². The van der Waals surface area contributed by atoms with E-state index in [0.29, 0.717) is 18.0 Å². The van der Waals surface area contributed by atoms with E-state index in [1.54, 1.807) is 24.3 Å². The number of hydrogen-bond donors (Lipinski definition) is 1. The number of carbonyl (C=O) groups excluding carboxylic acids is 2. The molecule has 0 saturated heterocycles. The second-order valence-electron chi connectivity index (χ2n) is 3.63. The monoisotopic (exact) mass is 279 g/mol. The molecule has 0 aromatic heterocycles. The van der Waals surface area contributed by atoms with Crippen LogP contribution in [0.4, 0.5) is 5.69 Å². The van der Waals surface area contributed by atoms with Gasteiger partial charge in [-0.15, -0.1) is 0 Å². The third kappa shape index (κ3) is 4.31. The van der Waals surface area contributed by atoms with Crippen molar-refractivity contribution in [3.8, 4) is 5.75 Å². The Morgan fingerprint density at radius 2 is 1.90 bits per heavy atom. The van der Waals surface area contributed by atoms with Crippen LogP contribution in [0.25, 0.3) is 0 Å². The van der Waals surface area contributed by atoms with Gasteiger partial charge in [-0.05, 0) is 19.1 Å². The van der Waals surface area contributed by atoms with Gasteiger partial charge in [0.05, 0.1) is 32.6 Å². The fourth-order valence-corrected chi connectivity index (χ4v) is 1.43. The summed E-state index contributed by atoms with van der Waals surface area (Å²) in [5.74, 6) is -0.775. The number of para-hydroxylation sites is 2. The summed E-state index contributed by atoms with van der Waals surface area (Å²) in [7, 11) is 2.45. The number of methoxy groups -OCH3 is 2. The van der Waals surface area contributed by atoms with Gasteiger partial charge in [-0.3, -0.25) is 0 Å². The average molecular weight is 279 g/mol. The van der Waals surface area contributed by atoms with E-state index < -0.39 is 11.9 Å². The molecule has 1 N–H and O–H groups in total. The molecular formula is C14H17NO5.